The van der Waals surface area contributed by atoms with Gasteiger partial charge in [-0.05, 0) is 36.4 Å². The third-order valence-electron chi connectivity index (χ3n) is 2.53. The van der Waals surface area contributed by atoms with Crippen LogP contribution in [0.25, 0.3) is 0 Å². The Morgan fingerprint density at radius 1 is 0.950 bits per heavy atom. The first-order valence-electron chi connectivity index (χ1n) is 5.72. The van der Waals surface area contributed by atoms with Gasteiger partial charge < -0.3 is 5.73 Å². The number of hydrazine groups is 1. The van der Waals surface area contributed by atoms with Crippen LogP contribution in [0.5, 0.6) is 0 Å². The number of hydrogen-bond acceptors (Lipinski definition) is 4. The van der Waals surface area contributed by atoms with Gasteiger partial charge >= 0.3 is 0 Å². The topological polar surface area (TPSA) is 101 Å². The van der Waals surface area contributed by atoms with E-state index in [9.17, 15) is 13.2 Å². The van der Waals surface area contributed by atoms with Gasteiger partial charge in [0.15, 0.2) is 0 Å². The van der Waals surface area contributed by atoms with Crippen molar-refractivity contribution in [2.45, 2.75) is 4.90 Å². The number of carbonyl (C=O) groups excluding carboxylic acids is 1. The van der Waals surface area contributed by atoms with Crippen molar-refractivity contribution in [1.82, 2.24) is 10.3 Å². The quantitative estimate of drug-likeness (QED) is 0.575. The Bertz CT molecular complexity index is 697. The predicted octanol–water partition coefficient (Wildman–Crippen LogP) is 0.892. The van der Waals surface area contributed by atoms with E-state index in [2.05, 4.69) is 5.43 Å². The lowest BCUT2D eigenvalue weighted by Gasteiger charge is -2.08. The highest BCUT2D eigenvalue weighted by molar-refractivity contribution is 7.89. The van der Waals surface area contributed by atoms with Crippen LogP contribution in [-0.2, 0) is 10.0 Å². The maximum atomic E-state index is 11.9. The molecule has 2 aromatic carbocycles. The molecule has 20 heavy (non-hydrogen) atoms. The Labute approximate surface area is 116 Å². The first-order valence-corrected chi connectivity index (χ1v) is 7.20. The molecule has 0 heterocycles. The molecular weight excluding hydrogens is 278 g/mol. The Kier molecular flexibility index (Phi) is 4.02. The predicted molar refractivity (Wildman–Crippen MR) is 75.1 cm³/mol. The Hall–Kier alpha value is -2.38. The number of hydrogen-bond donors (Lipinski definition) is 3. The number of carbonyl (C=O) groups is 1. The van der Waals surface area contributed by atoms with Crippen LogP contribution in [0.3, 0.4) is 0 Å². The summed E-state index contributed by atoms with van der Waals surface area (Å²) in [7, 11) is -3.82. The first-order chi connectivity index (χ1) is 9.49. The summed E-state index contributed by atoms with van der Waals surface area (Å²) in [5.41, 5.74) is 8.44. The van der Waals surface area contributed by atoms with Gasteiger partial charge in [0, 0.05) is 11.3 Å². The van der Waals surface area contributed by atoms with Crippen molar-refractivity contribution in [2.75, 3.05) is 5.73 Å². The number of nitrogen functional groups attached to an aromatic ring is 1. The second-order valence-corrected chi connectivity index (χ2v) is 5.68. The first kappa shape index (κ1) is 14.0. The lowest BCUT2D eigenvalue weighted by atomic mass is 10.2. The zero-order valence-electron chi connectivity index (χ0n) is 10.4. The summed E-state index contributed by atoms with van der Waals surface area (Å²) >= 11 is 0. The van der Waals surface area contributed by atoms with Gasteiger partial charge in [-0.2, -0.15) is 0 Å². The summed E-state index contributed by atoms with van der Waals surface area (Å²) in [5.74, 6) is -0.537. The van der Waals surface area contributed by atoms with Crippen LogP contribution in [0, 0.1) is 0 Å². The second-order valence-electron chi connectivity index (χ2n) is 3.99. The van der Waals surface area contributed by atoms with Crippen LogP contribution in [-0.4, -0.2) is 14.3 Å². The lowest BCUT2D eigenvalue weighted by Crippen LogP contribution is -2.41. The molecule has 0 saturated heterocycles. The highest BCUT2D eigenvalue weighted by Crippen LogP contribution is 2.10. The van der Waals surface area contributed by atoms with Crippen molar-refractivity contribution in [3.05, 3.63) is 60.2 Å². The lowest BCUT2D eigenvalue weighted by molar-refractivity contribution is 0.0945. The van der Waals surface area contributed by atoms with Crippen molar-refractivity contribution in [3.63, 3.8) is 0 Å². The number of anilines is 1. The van der Waals surface area contributed by atoms with Gasteiger partial charge in [-0.3, -0.25) is 10.2 Å². The smallest absolute Gasteiger partial charge is 0.266 e. The molecule has 0 aliphatic carbocycles. The molecule has 0 saturated carbocycles. The molecule has 0 bridgehead atoms. The third-order valence-corrected chi connectivity index (χ3v) is 3.79. The highest BCUT2D eigenvalue weighted by atomic mass is 32.2. The van der Waals surface area contributed by atoms with Crippen LogP contribution >= 0.6 is 0 Å². The number of benzene rings is 2. The summed E-state index contributed by atoms with van der Waals surface area (Å²) < 4.78 is 23.8. The van der Waals surface area contributed by atoms with Gasteiger partial charge in [0.1, 0.15) is 0 Å². The molecule has 0 radical (unpaired) electrons. The number of amides is 1. The van der Waals surface area contributed by atoms with Gasteiger partial charge in [0.2, 0.25) is 0 Å². The molecule has 6 nitrogen and oxygen atoms in total. The van der Waals surface area contributed by atoms with E-state index in [1.54, 1.807) is 30.3 Å². The van der Waals surface area contributed by atoms with E-state index >= 15 is 0 Å². The molecule has 0 unspecified atom stereocenters. The zero-order chi connectivity index (χ0) is 14.6. The van der Waals surface area contributed by atoms with Crippen molar-refractivity contribution < 1.29 is 13.2 Å². The highest BCUT2D eigenvalue weighted by Gasteiger charge is 2.15. The molecule has 2 aromatic rings. The maximum absolute atomic E-state index is 11.9. The number of nitrogens with two attached hydrogens (primary N) is 1. The summed E-state index contributed by atoms with van der Waals surface area (Å²) in [6.07, 6.45) is 0. The van der Waals surface area contributed by atoms with Gasteiger partial charge in [0.25, 0.3) is 15.9 Å². The van der Waals surface area contributed by atoms with E-state index in [0.29, 0.717) is 11.3 Å². The molecule has 2 rings (SSSR count). The Balaban J connectivity index is 2.06. The maximum Gasteiger partial charge on any atom is 0.266 e. The fourth-order valence-electron chi connectivity index (χ4n) is 1.48. The minimum atomic E-state index is -3.82. The number of sulfonamides is 1. The van der Waals surface area contributed by atoms with E-state index in [1.165, 1.54) is 24.3 Å². The SMILES string of the molecule is Nc1ccc(S(=O)(=O)NNC(=O)c2ccccc2)cc1. The average molecular weight is 291 g/mol. The van der Waals surface area contributed by atoms with E-state index in [0.717, 1.165) is 0 Å². The molecule has 104 valence electrons. The van der Waals surface area contributed by atoms with Crippen LogP contribution in [0.2, 0.25) is 0 Å². The average Bonchev–Trinajstić information content (AvgIpc) is 2.46. The molecule has 0 aromatic heterocycles. The summed E-state index contributed by atoms with van der Waals surface area (Å²) in [6.45, 7) is 0. The fourth-order valence-corrected chi connectivity index (χ4v) is 2.32. The normalized spacial score (nSPS) is 11.0. The Morgan fingerprint density at radius 2 is 1.55 bits per heavy atom. The standard InChI is InChI=1S/C13H13N3O3S/c14-11-6-8-12(9-7-11)20(18,19)16-15-13(17)10-4-2-1-3-5-10/h1-9,16H,14H2,(H,15,17). The minimum Gasteiger partial charge on any atom is -0.399 e. The van der Waals surface area contributed by atoms with Gasteiger partial charge in [0.05, 0.1) is 4.90 Å². The molecule has 4 N–H and O–H groups in total. The van der Waals surface area contributed by atoms with Gasteiger partial charge in [-0.1, -0.05) is 18.2 Å². The van der Waals surface area contributed by atoms with Crippen molar-refractivity contribution in [3.8, 4) is 0 Å². The van der Waals surface area contributed by atoms with Crippen LogP contribution in [0.4, 0.5) is 5.69 Å². The molecule has 0 fully saturated rings. The van der Waals surface area contributed by atoms with Crippen molar-refractivity contribution in [1.29, 1.82) is 0 Å². The van der Waals surface area contributed by atoms with Crippen LogP contribution in [0.1, 0.15) is 10.4 Å². The fraction of sp³-hybridized carbons (Fsp3) is 0. The van der Waals surface area contributed by atoms with Crippen LogP contribution < -0.4 is 16.0 Å². The monoisotopic (exact) mass is 291 g/mol. The van der Waals surface area contributed by atoms with Crippen LogP contribution in [0.15, 0.2) is 59.5 Å². The minimum absolute atomic E-state index is 0.0139. The molecule has 1 amide bonds. The number of rotatable bonds is 4. The van der Waals surface area contributed by atoms with E-state index < -0.39 is 15.9 Å². The summed E-state index contributed by atoms with van der Waals surface area (Å²) in [4.78, 5) is 13.8. The molecule has 0 aliphatic rings. The molecular formula is C13H13N3O3S. The van der Waals surface area contributed by atoms with Gasteiger partial charge in [-0.25, -0.2) is 8.42 Å². The van der Waals surface area contributed by atoms with Crippen molar-refractivity contribution in [2.24, 2.45) is 0 Å². The van der Waals surface area contributed by atoms with E-state index in [4.69, 9.17) is 5.73 Å². The summed E-state index contributed by atoms with van der Waals surface area (Å²) in [6, 6.07) is 13.9. The van der Waals surface area contributed by atoms with E-state index in [1.807, 2.05) is 4.83 Å². The third kappa shape index (κ3) is 3.34. The largest absolute Gasteiger partial charge is 0.399 e. The van der Waals surface area contributed by atoms with E-state index in [-0.39, 0.29) is 4.90 Å². The molecule has 7 heteroatoms. The second kappa shape index (κ2) is 5.72. The van der Waals surface area contributed by atoms with Gasteiger partial charge in [-0.15, -0.1) is 4.83 Å². The molecule has 0 atom stereocenters. The Morgan fingerprint density at radius 3 is 2.15 bits per heavy atom. The number of nitrogens with one attached hydrogen (secondary N) is 2. The van der Waals surface area contributed by atoms with Crippen molar-refractivity contribution >= 4 is 21.6 Å². The summed E-state index contributed by atoms with van der Waals surface area (Å²) in [5, 5.41) is 0. The molecule has 0 spiro atoms. The molecule has 0 aliphatic heterocycles. The zero-order valence-corrected chi connectivity index (χ0v) is 11.2.